The van der Waals surface area contributed by atoms with E-state index in [-0.39, 0.29) is 13.2 Å². The van der Waals surface area contributed by atoms with Gasteiger partial charge in [-0.3, -0.25) is 19.2 Å². The van der Waals surface area contributed by atoms with E-state index in [2.05, 4.69) is 9.47 Å². The van der Waals surface area contributed by atoms with Gasteiger partial charge >= 0.3 is 23.9 Å². The van der Waals surface area contributed by atoms with Crippen molar-refractivity contribution in [1.29, 1.82) is 0 Å². The lowest BCUT2D eigenvalue weighted by atomic mass is 9.92. The number of ether oxygens (including phenoxy) is 2. The summed E-state index contributed by atoms with van der Waals surface area (Å²) in [6.45, 7) is 2.60. The van der Waals surface area contributed by atoms with E-state index in [4.69, 9.17) is 10.2 Å². The summed E-state index contributed by atoms with van der Waals surface area (Å²) >= 11 is 0. The topological polar surface area (TPSA) is 127 Å². The van der Waals surface area contributed by atoms with E-state index in [0.717, 1.165) is 0 Å². The third kappa shape index (κ3) is 4.04. The molecule has 0 aromatic rings. The summed E-state index contributed by atoms with van der Waals surface area (Å²) in [5.41, 5.74) is 0. The second kappa shape index (κ2) is 7.25. The van der Waals surface area contributed by atoms with Gasteiger partial charge in [0, 0.05) is 0 Å². The molecule has 0 aliphatic heterocycles. The van der Waals surface area contributed by atoms with Crippen molar-refractivity contribution in [3.8, 4) is 0 Å². The highest BCUT2D eigenvalue weighted by molar-refractivity contribution is 6.06. The van der Waals surface area contributed by atoms with Crippen LogP contribution in [-0.2, 0) is 28.7 Å². The van der Waals surface area contributed by atoms with Crippen LogP contribution in [0.25, 0.3) is 0 Å². The van der Waals surface area contributed by atoms with Crippen LogP contribution in [0.2, 0.25) is 0 Å². The third-order valence-electron chi connectivity index (χ3n) is 1.95. The molecule has 0 saturated heterocycles. The number of carbonyl (C=O) groups excluding carboxylic acids is 2. The van der Waals surface area contributed by atoms with Gasteiger partial charge in [-0.05, 0) is 13.8 Å². The Balaban J connectivity index is 5.24. The number of hydrogen-bond acceptors (Lipinski definition) is 6. The summed E-state index contributed by atoms with van der Waals surface area (Å²) in [7, 11) is 0. The maximum atomic E-state index is 11.4. The van der Waals surface area contributed by atoms with E-state index >= 15 is 0 Å². The first-order valence-electron chi connectivity index (χ1n) is 5.15. The molecular formula is C10H14O8. The minimum absolute atomic E-state index is 0.127. The molecule has 0 aliphatic carbocycles. The minimum Gasteiger partial charge on any atom is -0.481 e. The lowest BCUT2D eigenvalue weighted by molar-refractivity contribution is -0.175. The molecule has 0 aliphatic rings. The number of esters is 2. The lowest BCUT2D eigenvalue weighted by Gasteiger charge is -2.17. The molecule has 0 rings (SSSR count). The summed E-state index contributed by atoms with van der Waals surface area (Å²) in [6.07, 6.45) is 0. The molecule has 0 aromatic carbocycles. The number of carbonyl (C=O) groups is 4. The molecule has 0 amide bonds. The Morgan fingerprint density at radius 1 is 0.833 bits per heavy atom. The molecule has 0 radical (unpaired) electrons. The molecule has 2 N–H and O–H groups in total. The van der Waals surface area contributed by atoms with Gasteiger partial charge in [0.2, 0.25) is 0 Å². The summed E-state index contributed by atoms with van der Waals surface area (Å²) < 4.78 is 8.87. The standard InChI is InChI=1S/C10H14O8/c1-3-17-9(15)5(7(11)12)6(8(13)14)10(16)18-4-2/h5-6H,3-4H2,1-2H3,(H,11,12)(H,13,14). The Hall–Kier alpha value is -2.12. The molecule has 8 nitrogen and oxygen atoms in total. The molecule has 0 fully saturated rings. The minimum atomic E-state index is -2.12. The normalized spacial score (nSPS) is 13.2. The Bertz CT molecular complexity index is 314. The van der Waals surface area contributed by atoms with Crippen LogP contribution in [0.15, 0.2) is 0 Å². The molecule has 0 aromatic heterocycles. The van der Waals surface area contributed by atoms with Crippen molar-refractivity contribution >= 4 is 23.9 Å². The van der Waals surface area contributed by atoms with Gasteiger partial charge in [-0.15, -0.1) is 0 Å². The number of rotatable bonds is 7. The first-order valence-corrected chi connectivity index (χ1v) is 5.15. The van der Waals surface area contributed by atoms with Crippen LogP contribution in [0.1, 0.15) is 13.8 Å². The maximum Gasteiger partial charge on any atom is 0.321 e. The molecule has 102 valence electrons. The SMILES string of the molecule is CCOC(=O)C(C(=O)O)C(C(=O)O)C(=O)OCC. The van der Waals surface area contributed by atoms with Crippen molar-refractivity contribution < 1.29 is 38.9 Å². The van der Waals surface area contributed by atoms with Crippen LogP contribution in [0.3, 0.4) is 0 Å². The largest absolute Gasteiger partial charge is 0.481 e. The second-order valence-corrected chi connectivity index (χ2v) is 3.14. The number of hydrogen-bond donors (Lipinski definition) is 2. The van der Waals surface area contributed by atoms with E-state index in [0.29, 0.717) is 0 Å². The summed E-state index contributed by atoms with van der Waals surface area (Å²) in [6, 6.07) is 0. The average Bonchev–Trinajstić information content (AvgIpc) is 2.24. The quantitative estimate of drug-likeness (QED) is 0.465. The van der Waals surface area contributed by atoms with Gasteiger partial charge in [-0.1, -0.05) is 0 Å². The van der Waals surface area contributed by atoms with Gasteiger partial charge < -0.3 is 19.7 Å². The fourth-order valence-corrected chi connectivity index (χ4v) is 1.22. The zero-order valence-electron chi connectivity index (χ0n) is 9.91. The highest BCUT2D eigenvalue weighted by Crippen LogP contribution is 2.17. The highest BCUT2D eigenvalue weighted by atomic mass is 16.5. The van der Waals surface area contributed by atoms with Gasteiger partial charge in [-0.25, -0.2) is 0 Å². The summed E-state index contributed by atoms with van der Waals surface area (Å²) in [5.74, 6) is -10.3. The van der Waals surface area contributed by atoms with Gasteiger partial charge in [0.25, 0.3) is 0 Å². The fraction of sp³-hybridized carbons (Fsp3) is 0.600. The Morgan fingerprint density at radius 2 is 1.11 bits per heavy atom. The van der Waals surface area contributed by atoms with Crippen molar-refractivity contribution in [3.63, 3.8) is 0 Å². The monoisotopic (exact) mass is 262 g/mol. The molecular weight excluding hydrogens is 248 g/mol. The Morgan fingerprint density at radius 3 is 1.28 bits per heavy atom. The molecule has 8 heteroatoms. The van der Waals surface area contributed by atoms with Crippen LogP contribution in [0, 0.1) is 11.8 Å². The zero-order valence-corrected chi connectivity index (χ0v) is 9.91. The number of carboxylic acid groups (broad SMARTS) is 2. The molecule has 18 heavy (non-hydrogen) atoms. The van der Waals surface area contributed by atoms with Gasteiger partial charge in [0.15, 0.2) is 11.8 Å². The maximum absolute atomic E-state index is 11.4. The van der Waals surface area contributed by atoms with E-state index in [1.165, 1.54) is 13.8 Å². The van der Waals surface area contributed by atoms with Gasteiger partial charge in [-0.2, -0.15) is 0 Å². The van der Waals surface area contributed by atoms with E-state index in [1.807, 2.05) is 0 Å². The van der Waals surface area contributed by atoms with Crippen molar-refractivity contribution in [1.82, 2.24) is 0 Å². The number of carboxylic acids is 2. The summed E-state index contributed by atoms with van der Waals surface area (Å²) in [5, 5.41) is 17.7. The van der Waals surface area contributed by atoms with Crippen molar-refractivity contribution in [2.75, 3.05) is 13.2 Å². The van der Waals surface area contributed by atoms with Gasteiger partial charge in [0.1, 0.15) is 0 Å². The predicted molar refractivity (Wildman–Crippen MR) is 55.5 cm³/mol. The van der Waals surface area contributed by atoms with Crippen LogP contribution in [0.4, 0.5) is 0 Å². The highest BCUT2D eigenvalue weighted by Gasteiger charge is 2.46. The summed E-state index contributed by atoms with van der Waals surface area (Å²) in [4.78, 5) is 44.5. The van der Waals surface area contributed by atoms with Gasteiger partial charge in [0.05, 0.1) is 13.2 Å². The predicted octanol–water partition coefficient (Wildman–Crippen LogP) is -0.486. The first kappa shape index (κ1) is 15.9. The smallest absolute Gasteiger partial charge is 0.321 e. The molecule has 0 bridgehead atoms. The van der Waals surface area contributed by atoms with Crippen molar-refractivity contribution in [2.24, 2.45) is 11.8 Å². The molecule has 0 spiro atoms. The first-order chi connectivity index (χ1) is 8.36. The molecule has 2 unspecified atom stereocenters. The fourth-order valence-electron chi connectivity index (χ4n) is 1.22. The molecule has 0 saturated carbocycles. The van der Waals surface area contributed by atoms with E-state index in [9.17, 15) is 19.2 Å². The van der Waals surface area contributed by atoms with Crippen LogP contribution < -0.4 is 0 Å². The van der Waals surface area contributed by atoms with Crippen molar-refractivity contribution in [3.05, 3.63) is 0 Å². The van der Waals surface area contributed by atoms with Crippen LogP contribution in [0.5, 0.6) is 0 Å². The van der Waals surface area contributed by atoms with E-state index < -0.39 is 35.7 Å². The Labute approximate surface area is 102 Å². The number of aliphatic carboxylic acids is 2. The van der Waals surface area contributed by atoms with Crippen molar-refractivity contribution in [2.45, 2.75) is 13.8 Å². The van der Waals surface area contributed by atoms with E-state index in [1.54, 1.807) is 0 Å². The van der Waals surface area contributed by atoms with Crippen LogP contribution in [-0.4, -0.2) is 47.3 Å². The second-order valence-electron chi connectivity index (χ2n) is 3.14. The zero-order chi connectivity index (χ0) is 14.3. The Kier molecular flexibility index (Phi) is 6.40. The molecule has 2 atom stereocenters. The van der Waals surface area contributed by atoms with Crippen LogP contribution >= 0.6 is 0 Å². The third-order valence-corrected chi connectivity index (χ3v) is 1.95. The lowest BCUT2D eigenvalue weighted by Crippen LogP contribution is -2.42. The molecule has 0 heterocycles. The average molecular weight is 262 g/mol.